The summed E-state index contributed by atoms with van der Waals surface area (Å²) in [7, 11) is 0. The molecule has 47 heavy (non-hydrogen) atoms. The SMILES string of the molecule is Cc1nc(CC(N)=O)ncc1-c1ccc(COC2CC2)c(N2CC[C@]3(C[C@@H]2C)N=C(c2ccc(C(F)(F)F)nc2C2CC2)NC3=O)c1. The van der Waals surface area contributed by atoms with Crippen molar-refractivity contribution < 1.29 is 27.5 Å². The summed E-state index contributed by atoms with van der Waals surface area (Å²) in [4.78, 5) is 44.9. The maximum atomic E-state index is 13.6. The summed E-state index contributed by atoms with van der Waals surface area (Å²) in [6.45, 7) is 4.91. The molecule has 1 saturated heterocycles. The minimum absolute atomic E-state index is 0.0358. The number of aliphatic imine (C=N–C) groups is 1. The Bertz CT molecular complexity index is 1790. The first-order valence-electron chi connectivity index (χ1n) is 16.0. The molecule has 13 heteroatoms. The lowest BCUT2D eigenvalue weighted by atomic mass is 9.83. The third-order valence-corrected chi connectivity index (χ3v) is 9.41. The fraction of sp³-hybridized carbons (Fsp3) is 0.471. The third-order valence-electron chi connectivity index (χ3n) is 9.41. The van der Waals surface area contributed by atoms with Gasteiger partial charge in [0.2, 0.25) is 5.91 Å². The number of nitrogens with two attached hydrogens (primary N) is 1. The summed E-state index contributed by atoms with van der Waals surface area (Å²) >= 11 is 0. The van der Waals surface area contributed by atoms with E-state index < -0.39 is 23.3 Å². The molecule has 2 aromatic heterocycles. The summed E-state index contributed by atoms with van der Waals surface area (Å²) < 4.78 is 46.5. The summed E-state index contributed by atoms with van der Waals surface area (Å²) in [5.41, 5.74) is 8.65. The Morgan fingerprint density at radius 3 is 2.57 bits per heavy atom. The second-order valence-electron chi connectivity index (χ2n) is 13.1. The molecule has 246 valence electrons. The highest BCUT2D eigenvalue weighted by Crippen LogP contribution is 2.44. The molecule has 3 fully saturated rings. The number of nitrogens with one attached hydrogen (secondary N) is 1. The molecule has 3 aromatic rings. The molecule has 10 nitrogen and oxygen atoms in total. The maximum Gasteiger partial charge on any atom is 0.433 e. The molecule has 2 amide bonds. The second-order valence-corrected chi connectivity index (χ2v) is 13.1. The van der Waals surface area contributed by atoms with Crippen LogP contribution in [-0.2, 0) is 33.5 Å². The fourth-order valence-electron chi connectivity index (χ4n) is 6.64. The molecule has 4 aliphatic rings. The first-order chi connectivity index (χ1) is 22.4. The number of rotatable bonds is 9. The van der Waals surface area contributed by atoms with Crippen LogP contribution in [0.5, 0.6) is 0 Å². The number of amides is 2. The van der Waals surface area contributed by atoms with Crippen molar-refractivity contribution in [1.29, 1.82) is 0 Å². The predicted octanol–water partition coefficient (Wildman–Crippen LogP) is 4.75. The summed E-state index contributed by atoms with van der Waals surface area (Å²) in [5, 5.41) is 2.90. The van der Waals surface area contributed by atoms with Gasteiger partial charge >= 0.3 is 6.18 Å². The average Bonchev–Trinajstić information content (AvgIpc) is 3.95. The van der Waals surface area contributed by atoms with Gasteiger partial charge in [0.05, 0.1) is 24.8 Å². The van der Waals surface area contributed by atoms with Gasteiger partial charge in [-0.2, -0.15) is 13.2 Å². The van der Waals surface area contributed by atoms with E-state index in [9.17, 15) is 22.8 Å². The number of primary amides is 1. The quantitative estimate of drug-likeness (QED) is 0.342. The van der Waals surface area contributed by atoms with Crippen LogP contribution >= 0.6 is 0 Å². The van der Waals surface area contributed by atoms with Crippen molar-refractivity contribution in [2.75, 3.05) is 11.4 Å². The third kappa shape index (κ3) is 6.32. The second kappa shape index (κ2) is 11.7. The molecule has 0 unspecified atom stereocenters. The number of ether oxygens (including phenoxy) is 1. The number of anilines is 1. The van der Waals surface area contributed by atoms with Gasteiger partial charge in [0, 0.05) is 59.2 Å². The molecule has 2 aliphatic carbocycles. The zero-order valence-electron chi connectivity index (χ0n) is 26.2. The van der Waals surface area contributed by atoms with E-state index in [0.29, 0.717) is 48.9 Å². The molecule has 2 saturated carbocycles. The number of aryl methyl sites for hydroxylation is 1. The van der Waals surface area contributed by atoms with Crippen molar-refractivity contribution in [1.82, 2.24) is 20.3 Å². The van der Waals surface area contributed by atoms with E-state index in [1.54, 1.807) is 6.20 Å². The van der Waals surface area contributed by atoms with E-state index >= 15 is 0 Å². The number of halogens is 3. The lowest BCUT2D eigenvalue weighted by Crippen LogP contribution is -2.53. The van der Waals surface area contributed by atoms with Crippen LogP contribution in [0.3, 0.4) is 0 Å². The highest BCUT2D eigenvalue weighted by atomic mass is 19.4. The van der Waals surface area contributed by atoms with E-state index in [4.69, 9.17) is 15.5 Å². The van der Waals surface area contributed by atoms with Crippen LogP contribution in [0.25, 0.3) is 11.1 Å². The smallest absolute Gasteiger partial charge is 0.373 e. The fourth-order valence-corrected chi connectivity index (χ4v) is 6.64. The largest absolute Gasteiger partial charge is 0.433 e. The van der Waals surface area contributed by atoms with Crippen LogP contribution in [0, 0.1) is 6.92 Å². The van der Waals surface area contributed by atoms with Gasteiger partial charge in [0.25, 0.3) is 5.91 Å². The van der Waals surface area contributed by atoms with Crippen LogP contribution in [-0.4, -0.2) is 56.8 Å². The first kappa shape index (κ1) is 31.2. The lowest BCUT2D eigenvalue weighted by molar-refractivity contribution is -0.141. The minimum atomic E-state index is -4.55. The molecule has 0 radical (unpaired) electrons. The maximum absolute atomic E-state index is 13.6. The number of hydrogen-bond acceptors (Lipinski definition) is 8. The van der Waals surface area contributed by atoms with Gasteiger partial charge in [0.1, 0.15) is 22.9 Å². The van der Waals surface area contributed by atoms with Gasteiger partial charge in [-0.1, -0.05) is 12.1 Å². The Morgan fingerprint density at radius 1 is 1.13 bits per heavy atom. The zero-order valence-corrected chi connectivity index (χ0v) is 26.2. The molecule has 4 heterocycles. The van der Waals surface area contributed by atoms with Gasteiger partial charge in [0.15, 0.2) is 0 Å². The van der Waals surface area contributed by atoms with Crippen molar-refractivity contribution >= 4 is 23.3 Å². The lowest BCUT2D eigenvalue weighted by Gasteiger charge is -2.43. The van der Waals surface area contributed by atoms with E-state index in [1.807, 2.05) is 13.0 Å². The van der Waals surface area contributed by atoms with Crippen LogP contribution in [0.15, 0.2) is 41.5 Å². The van der Waals surface area contributed by atoms with E-state index in [0.717, 1.165) is 59.8 Å². The Labute approximate surface area is 270 Å². The number of carbonyl (C=O) groups is 2. The number of benzene rings is 1. The van der Waals surface area contributed by atoms with Gasteiger partial charge in [-0.25, -0.2) is 15.0 Å². The van der Waals surface area contributed by atoms with E-state index in [1.165, 1.54) is 6.07 Å². The molecule has 2 aliphatic heterocycles. The summed E-state index contributed by atoms with van der Waals surface area (Å²) in [6, 6.07) is 8.42. The normalized spacial score (nSPS) is 22.8. The van der Waals surface area contributed by atoms with Gasteiger partial charge < -0.3 is 20.7 Å². The number of piperidine rings is 1. The molecule has 1 aromatic carbocycles. The molecule has 2 atom stereocenters. The minimum Gasteiger partial charge on any atom is -0.373 e. The molecule has 7 rings (SSSR count). The van der Waals surface area contributed by atoms with E-state index in [-0.39, 0.29) is 30.4 Å². The number of alkyl halides is 3. The number of nitrogens with zero attached hydrogens (tertiary/aromatic N) is 5. The number of carbonyl (C=O) groups excluding carboxylic acids is 2. The first-order valence-corrected chi connectivity index (χ1v) is 16.0. The number of aromatic nitrogens is 3. The van der Waals surface area contributed by atoms with Crippen molar-refractivity contribution in [3.05, 3.63) is 70.6 Å². The Balaban J connectivity index is 1.17. The van der Waals surface area contributed by atoms with Crippen molar-refractivity contribution in [3.63, 3.8) is 0 Å². The van der Waals surface area contributed by atoms with E-state index in [2.05, 4.69) is 44.2 Å². The molecular formula is C34H36F3N7O3. The van der Waals surface area contributed by atoms with Crippen molar-refractivity contribution in [2.24, 2.45) is 10.7 Å². The number of pyridine rings is 1. The van der Waals surface area contributed by atoms with Gasteiger partial charge in [-0.05, 0) is 69.7 Å². The standard InChI is InChI=1S/C34H36F3N7O3/c1-18-15-33(32(46)42-31(43-33)24-9-10-27(34(35,36)37)41-30(24)20-3-4-20)11-12-44(18)26-13-21(5-6-22(26)17-47-23-7-8-23)25-16-39-29(14-28(38)45)40-19(25)2/h5-6,9-10,13,16,18,20,23H,3-4,7-8,11-12,14-15,17H2,1-2H3,(H2,38,45)(H,42,43,46)/t18-,33+/m0/s1. The molecule has 0 bridgehead atoms. The van der Waals surface area contributed by atoms with Crippen LogP contribution < -0.4 is 16.0 Å². The van der Waals surface area contributed by atoms with Crippen LogP contribution in [0.4, 0.5) is 18.9 Å². The zero-order chi connectivity index (χ0) is 33.1. The Hall–Kier alpha value is -4.39. The Morgan fingerprint density at radius 2 is 1.91 bits per heavy atom. The number of hydrogen-bond donors (Lipinski definition) is 2. The van der Waals surface area contributed by atoms with Crippen molar-refractivity contribution in [3.8, 4) is 11.1 Å². The number of amidine groups is 1. The monoisotopic (exact) mass is 647 g/mol. The van der Waals surface area contributed by atoms with Crippen LogP contribution in [0.1, 0.15) is 85.4 Å². The van der Waals surface area contributed by atoms with Gasteiger partial charge in [-0.15, -0.1) is 0 Å². The highest BCUT2D eigenvalue weighted by Gasteiger charge is 2.49. The van der Waals surface area contributed by atoms with Crippen LogP contribution in [0.2, 0.25) is 0 Å². The topological polar surface area (TPSA) is 136 Å². The predicted molar refractivity (Wildman–Crippen MR) is 168 cm³/mol. The summed E-state index contributed by atoms with van der Waals surface area (Å²) in [6.07, 6.45) is 1.87. The highest BCUT2D eigenvalue weighted by molar-refractivity contribution is 6.16. The van der Waals surface area contributed by atoms with Gasteiger partial charge in [-0.3, -0.25) is 14.6 Å². The molecule has 3 N–H and O–H groups in total. The average molecular weight is 648 g/mol. The summed E-state index contributed by atoms with van der Waals surface area (Å²) in [5.74, 6) is -0.135. The molecule has 1 spiro atoms. The molecular weight excluding hydrogens is 611 g/mol. The van der Waals surface area contributed by atoms with Crippen molar-refractivity contribution in [2.45, 2.75) is 95.2 Å². The Kier molecular flexibility index (Phi) is 7.77.